The number of hydrogen-bond acceptors (Lipinski definition) is 4. The Kier molecular flexibility index (Phi) is 3.61. The van der Waals surface area contributed by atoms with Crippen molar-refractivity contribution < 1.29 is 18.8 Å². The van der Waals surface area contributed by atoms with Crippen LogP contribution in [0.2, 0.25) is 0 Å². The molecule has 0 bridgehead atoms. The molecule has 0 aliphatic rings. The van der Waals surface area contributed by atoms with Crippen LogP contribution in [0.3, 0.4) is 0 Å². The molecule has 0 atom stereocenters. The van der Waals surface area contributed by atoms with Gasteiger partial charge in [0.1, 0.15) is 5.82 Å². The van der Waals surface area contributed by atoms with E-state index in [0.717, 1.165) is 12.1 Å². The predicted molar refractivity (Wildman–Crippen MR) is 66.1 cm³/mol. The average Bonchev–Trinajstić information content (AvgIpc) is 2.41. The molecular weight excluding hydrogens is 253 g/mol. The average molecular weight is 263 g/mol. The highest BCUT2D eigenvalue weighted by atomic mass is 19.1. The van der Waals surface area contributed by atoms with Crippen molar-refractivity contribution in [1.82, 2.24) is 0 Å². The second-order valence-corrected chi connectivity index (χ2v) is 3.62. The predicted octanol–water partition coefficient (Wildman–Crippen LogP) is 3.53. The highest BCUT2D eigenvalue weighted by Gasteiger charge is 2.18. The molecule has 0 amide bonds. The molecule has 0 radical (unpaired) electrons. The lowest BCUT2D eigenvalue weighted by molar-refractivity contribution is -0.385. The van der Waals surface area contributed by atoms with Gasteiger partial charge in [0.15, 0.2) is 11.5 Å². The van der Waals surface area contributed by atoms with Crippen LogP contribution in [-0.2, 0) is 0 Å². The number of para-hydroxylation sites is 2. The Morgan fingerprint density at radius 3 is 2.42 bits per heavy atom. The zero-order chi connectivity index (χ0) is 13.8. The van der Waals surface area contributed by atoms with Crippen LogP contribution in [0.1, 0.15) is 0 Å². The van der Waals surface area contributed by atoms with E-state index in [1.165, 1.54) is 13.2 Å². The molecule has 19 heavy (non-hydrogen) atoms. The van der Waals surface area contributed by atoms with Gasteiger partial charge in [-0.05, 0) is 24.3 Å². The summed E-state index contributed by atoms with van der Waals surface area (Å²) in [6.07, 6.45) is 0. The third-order valence-corrected chi connectivity index (χ3v) is 2.41. The molecule has 0 spiro atoms. The molecule has 0 aliphatic carbocycles. The van der Waals surface area contributed by atoms with Gasteiger partial charge in [0, 0.05) is 0 Å². The lowest BCUT2D eigenvalue weighted by Gasteiger charge is -2.09. The first-order valence-corrected chi connectivity index (χ1v) is 5.36. The lowest BCUT2D eigenvalue weighted by Crippen LogP contribution is -1.95. The van der Waals surface area contributed by atoms with E-state index in [4.69, 9.17) is 9.47 Å². The number of benzene rings is 2. The highest BCUT2D eigenvalue weighted by molar-refractivity contribution is 5.51. The molecule has 0 heterocycles. The van der Waals surface area contributed by atoms with Crippen LogP contribution in [-0.4, -0.2) is 12.0 Å². The molecule has 2 rings (SSSR count). The lowest BCUT2D eigenvalue weighted by atomic mass is 10.2. The molecule has 0 N–H and O–H groups in total. The summed E-state index contributed by atoms with van der Waals surface area (Å²) in [7, 11) is 1.46. The van der Waals surface area contributed by atoms with Gasteiger partial charge in [0.2, 0.25) is 5.75 Å². The van der Waals surface area contributed by atoms with E-state index in [2.05, 4.69) is 0 Å². The van der Waals surface area contributed by atoms with E-state index in [1.54, 1.807) is 24.3 Å². The van der Waals surface area contributed by atoms with Crippen molar-refractivity contribution >= 4 is 5.69 Å². The van der Waals surface area contributed by atoms with Crippen LogP contribution in [0.4, 0.5) is 10.1 Å². The van der Waals surface area contributed by atoms with Gasteiger partial charge in [-0.15, -0.1) is 0 Å². The van der Waals surface area contributed by atoms with Crippen molar-refractivity contribution in [1.29, 1.82) is 0 Å². The summed E-state index contributed by atoms with van der Waals surface area (Å²) in [6, 6.07) is 9.82. The van der Waals surface area contributed by atoms with Crippen molar-refractivity contribution in [3.05, 3.63) is 58.4 Å². The second kappa shape index (κ2) is 5.34. The first kappa shape index (κ1) is 12.8. The van der Waals surface area contributed by atoms with Crippen LogP contribution in [0.15, 0.2) is 42.5 Å². The maximum atomic E-state index is 13.0. The van der Waals surface area contributed by atoms with E-state index in [9.17, 15) is 14.5 Å². The summed E-state index contributed by atoms with van der Waals surface area (Å²) < 4.78 is 23.5. The first-order chi connectivity index (χ1) is 9.11. The Morgan fingerprint density at radius 1 is 1.11 bits per heavy atom. The Balaban J connectivity index is 2.41. The number of rotatable bonds is 4. The summed E-state index contributed by atoms with van der Waals surface area (Å²) in [6.45, 7) is 0. The number of nitrogens with zero attached hydrogens (tertiary/aromatic N) is 1. The Hall–Kier alpha value is -2.63. The van der Waals surface area contributed by atoms with Gasteiger partial charge in [-0.1, -0.05) is 12.1 Å². The highest BCUT2D eigenvalue weighted by Crippen LogP contribution is 2.36. The van der Waals surface area contributed by atoms with E-state index in [0.29, 0.717) is 11.5 Å². The number of halogens is 1. The fourth-order valence-corrected chi connectivity index (χ4v) is 1.54. The standard InChI is InChI=1S/C13H10FNO4/c1-18-12-4-2-3-5-13(12)19-11-7-6-9(14)8-10(11)15(16)17/h2-8H,1H3. The molecule has 0 unspecified atom stereocenters. The third kappa shape index (κ3) is 2.79. The quantitative estimate of drug-likeness (QED) is 0.625. The molecule has 2 aromatic carbocycles. The fourth-order valence-electron chi connectivity index (χ4n) is 1.54. The molecule has 5 nitrogen and oxygen atoms in total. The minimum absolute atomic E-state index is 0.0455. The summed E-state index contributed by atoms with van der Waals surface area (Å²) in [5, 5.41) is 10.8. The van der Waals surface area contributed by atoms with Crippen molar-refractivity contribution in [3.8, 4) is 17.2 Å². The summed E-state index contributed by atoms with van der Waals surface area (Å²) in [4.78, 5) is 10.1. The van der Waals surface area contributed by atoms with Gasteiger partial charge in [-0.3, -0.25) is 10.1 Å². The zero-order valence-corrected chi connectivity index (χ0v) is 10.00. The number of nitro groups is 1. The molecule has 0 saturated carbocycles. The Morgan fingerprint density at radius 2 is 1.79 bits per heavy atom. The topological polar surface area (TPSA) is 61.6 Å². The van der Waals surface area contributed by atoms with Crippen LogP contribution in [0, 0.1) is 15.9 Å². The number of methoxy groups -OCH3 is 1. The molecule has 98 valence electrons. The largest absolute Gasteiger partial charge is 0.493 e. The maximum absolute atomic E-state index is 13.0. The number of hydrogen-bond donors (Lipinski definition) is 0. The van der Waals surface area contributed by atoms with Gasteiger partial charge in [-0.2, -0.15) is 0 Å². The van der Waals surface area contributed by atoms with Crippen molar-refractivity contribution in [2.75, 3.05) is 7.11 Å². The summed E-state index contributed by atoms with van der Waals surface area (Å²) in [5.74, 6) is 0.0100. The Bertz CT molecular complexity index is 615. The van der Waals surface area contributed by atoms with Crippen LogP contribution in [0.25, 0.3) is 0 Å². The molecule has 0 aliphatic heterocycles. The van der Waals surface area contributed by atoms with Gasteiger partial charge >= 0.3 is 5.69 Å². The molecule has 0 saturated heterocycles. The summed E-state index contributed by atoms with van der Waals surface area (Å²) >= 11 is 0. The van der Waals surface area contributed by atoms with Crippen molar-refractivity contribution in [2.24, 2.45) is 0 Å². The van der Waals surface area contributed by atoms with E-state index in [1.807, 2.05) is 0 Å². The van der Waals surface area contributed by atoms with Crippen LogP contribution in [0.5, 0.6) is 17.2 Å². The molecule has 0 aromatic heterocycles. The van der Waals surface area contributed by atoms with Crippen molar-refractivity contribution in [2.45, 2.75) is 0 Å². The molecule has 6 heteroatoms. The summed E-state index contributed by atoms with van der Waals surface area (Å²) in [5.41, 5.74) is -0.439. The normalized spacial score (nSPS) is 10.0. The molecule has 2 aromatic rings. The molecular formula is C13H10FNO4. The van der Waals surface area contributed by atoms with Gasteiger partial charge in [-0.25, -0.2) is 4.39 Å². The smallest absolute Gasteiger partial charge is 0.314 e. The zero-order valence-electron chi connectivity index (χ0n) is 10.00. The monoisotopic (exact) mass is 263 g/mol. The number of nitro benzene ring substituents is 1. The first-order valence-electron chi connectivity index (χ1n) is 5.36. The maximum Gasteiger partial charge on any atom is 0.314 e. The van der Waals surface area contributed by atoms with E-state index >= 15 is 0 Å². The SMILES string of the molecule is COc1ccccc1Oc1ccc(F)cc1[N+](=O)[O-]. The van der Waals surface area contributed by atoms with Crippen molar-refractivity contribution in [3.63, 3.8) is 0 Å². The minimum Gasteiger partial charge on any atom is -0.493 e. The van der Waals surface area contributed by atoms with Crippen LogP contribution >= 0.6 is 0 Å². The van der Waals surface area contributed by atoms with Gasteiger partial charge < -0.3 is 9.47 Å². The van der Waals surface area contributed by atoms with Gasteiger partial charge in [0.05, 0.1) is 18.1 Å². The third-order valence-electron chi connectivity index (χ3n) is 2.41. The number of ether oxygens (including phenoxy) is 2. The molecule has 0 fully saturated rings. The second-order valence-electron chi connectivity index (χ2n) is 3.62. The van der Waals surface area contributed by atoms with E-state index < -0.39 is 16.4 Å². The minimum atomic E-state index is -0.701. The Labute approximate surface area is 108 Å². The van der Waals surface area contributed by atoms with Gasteiger partial charge in [0.25, 0.3) is 0 Å². The fraction of sp³-hybridized carbons (Fsp3) is 0.0769. The van der Waals surface area contributed by atoms with Crippen LogP contribution < -0.4 is 9.47 Å². The van der Waals surface area contributed by atoms with E-state index in [-0.39, 0.29) is 5.75 Å².